The fourth-order valence-electron chi connectivity index (χ4n) is 0.976. The van der Waals surface area contributed by atoms with Gasteiger partial charge in [-0.1, -0.05) is 0 Å². The van der Waals surface area contributed by atoms with Gasteiger partial charge in [0.15, 0.2) is 0 Å². The normalized spacial score (nSPS) is 9.21. The molecule has 0 spiro atoms. The minimum absolute atomic E-state index is 0.307. The zero-order chi connectivity index (χ0) is 10.7. The largest absolute Gasteiger partial charge is 0.497 e. The van der Waals surface area contributed by atoms with Crippen LogP contribution < -0.4 is 10.5 Å². The first-order valence-corrected chi connectivity index (χ1v) is 4.75. The van der Waals surface area contributed by atoms with Gasteiger partial charge in [-0.15, -0.1) is 0 Å². The Balaban J connectivity index is 3.44. The lowest BCUT2D eigenvalue weighted by molar-refractivity contribution is 0.0999. The Morgan fingerprint density at radius 2 is 2.29 bits per heavy atom. The van der Waals surface area contributed by atoms with Gasteiger partial charge >= 0.3 is 0 Å². The summed E-state index contributed by atoms with van der Waals surface area (Å²) in [6.45, 7) is 0. The number of hydrogen-bond acceptors (Lipinski definition) is 3. The van der Waals surface area contributed by atoms with Crippen LogP contribution in [-0.2, 0) is 0 Å². The first kappa shape index (κ1) is 10.8. The maximum atomic E-state index is 11.0. The number of benzene rings is 1. The molecule has 1 aromatic rings. The Morgan fingerprint density at radius 1 is 1.64 bits per heavy atom. The van der Waals surface area contributed by atoms with Crippen LogP contribution in [0, 0.1) is 14.9 Å². The monoisotopic (exact) mass is 302 g/mol. The summed E-state index contributed by atoms with van der Waals surface area (Å²) < 4.78 is 5.49. The molecule has 14 heavy (non-hydrogen) atoms. The molecule has 0 atom stereocenters. The number of amides is 1. The van der Waals surface area contributed by atoms with E-state index >= 15 is 0 Å². The summed E-state index contributed by atoms with van der Waals surface area (Å²) in [5, 5.41) is 8.78. The number of hydrogen-bond donors (Lipinski definition) is 1. The lowest BCUT2D eigenvalue weighted by atomic mass is 10.1. The molecule has 1 rings (SSSR count). The number of methoxy groups -OCH3 is 1. The van der Waals surface area contributed by atoms with Gasteiger partial charge in [-0.25, -0.2) is 0 Å². The summed E-state index contributed by atoms with van der Waals surface area (Å²) in [6.07, 6.45) is 0. The highest BCUT2D eigenvalue weighted by molar-refractivity contribution is 14.1. The summed E-state index contributed by atoms with van der Waals surface area (Å²) in [7, 11) is 1.47. The standard InChI is InChI=1S/C9H7IN2O2/c1-14-6-2-5(4-11)8(10)7(3-6)9(12)13/h2-3H,1H3,(H2,12,13). The van der Waals surface area contributed by atoms with Crippen molar-refractivity contribution in [2.75, 3.05) is 7.11 Å². The summed E-state index contributed by atoms with van der Waals surface area (Å²) in [6, 6.07) is 5.05. The van der Waals surface area contributed by atoms with E-state index < -0.39 is 5.91 Å². The van der Waals surface area contributed by atoms with E-state index in [1.165, 1.54) is 13.2 Å². The number of nitriles is 1. The fourth-order valence-corrected chi connectivity index (χ4v) is 1.67. The van der Waals surface area contributed by atoms with Crippen molar-refractivity contribution in [3.63, 3.8) is 0 Å². The van der Waals surface area contributed by atoms with Crippen LogP contribution in [0.1, 0.15) is 15.9 Å². The summed E-state index contributed by atoms with van der Waals surface area (Å²) >= 11 is 1.91. The van der Waals surface area contributed by atoms with Crippen molar-refractivity contribution < 1.29 is 9.53 Å². The molecule has 0 saturated carbocycles. The molecule has 72 valence electrons. The van der Waals surface area contributed by atoms with Crippen molar-refractivity contribution >= 4 is 28.5 Å². The van der Waals surface area contributed by atoms with Crippen LogP contribution in [0.4, 0.5) is 0 Å². The topological polar surface area (TPSA) is 76.1 Å². The Bertz CT molecular complexity index is 424. The molecule has 5 heteroatoms. The van der Waals surface area contributed by atoms with Crippen LogP contribution in [-0.4, -0.2) is 13.0 Å². The smallest absolute Gasteiger partial charge is 0.249 e. The molecule has 0 radical (unpaired) electrons. The van der Waals surface area contributed by atoms with Crippen LogP contribution in [0.5, 0.6) is 5.75 Å². The van der Waals surface area contributed by atoms with Gasteiger partial charge < -0.3 is 10.5 Å². The van der Waals surface area contributed by atoms with Gasteiger partial charge in [0.25, 0.3) is 0 Å². The summed E-state index contributed by atoms with van der Waals surface area (Å²) in [5.41, 5.74) is 5.85. The molecular weight excluding hydrogens is 295 g/mol. The maximum absolute atomic E-state index is 11.0. The third-order valence-corrected chi connectivity index (χ3v) is 2.83. The second-order valence-corrected chi connectivity index (χ2v) is 3.59. The molecule has 0 fully saturated rings. The molecule has 0 aliphatic rings. The molecule has 0 unspecified atom stereocenters. The summed E-state index contributed by atoms with van der Waals surface area (Å²) in [4.78, 5) is 11.0. The van der Waals surface area contributed by atoms with Gasteiger partial charge in [-0.2, -0.15) is 5.26 Å². The van der Waals surface area contributed by atoms with E-state index in [-0.39, 0.29) is 0 Å². The van der Waals surface area contributed by atoms with Gasteiger partial charge in [-0.3, -0.25) is 4.79 Å². The highest BCUT2D eigenvalue weighted by Gasteiger charge is 2.12. The molecule has 0 heterocycles. The minimum Gasteiger partial charge on any atom is -0.497 e. The van der Waals surface area contributed by atoms with Crippen molar-refractivity contribution in [2.24, 2.45) is 5.73 Å². The lowest BCUT2D eigenvalue weighted by Gasteiger charge is -2.05. The van der Waals surface area contributed by atoms with Crippen molar-refractivity contribution in [2.45, 2.75) is 0 Å². The molecule has 1 amide bonds. The second-order valence-electron chi connectivity index (χ2n) is 2.51. The van der Waals surface area contributed by atoms with E-state index in [1.807, 2.05) is 28.7 Å². The first-order chi connectivity index (χ1) is 6.60. The van der Waals surface area contributed by atoms with Gasteiger partial charge in [0, 0.05) is 3.57 Å². The van der Waals surface area contributed by atoms with Gasteiger partial charge in [0.1, 0.15) is 11.8 Å². The van der Waals surface area contributed by atoms with Crippen LogP contribution in [0.15, 0.2) is 12.1 Å². The third kappa shape index (κ3) is 1.96. The Morgan fingerprint density at radius 3 is 2.71 bits per heavy atom. The molecular formula is C9H7IN2O2. The predicted octanol–water partition coefficient (Wildman–Crippen LogP) is 1.27. The number of carbonyl (C=O) groups is 1. The van der Waals surface area contributed by atoms with Crippen molar-refractivity contribution in [1.82, 2.24) is 0 Å². The van der Waals surface area contributed by atoms with E-state index in [0.717, 1.165) is 0 Å². The van der Waals surface area contributed by atoms with Crippen molar-refractivity contribution in [3.8, 4) is 11.8 Å². The summed E-state index contributed by atoms with van der Waals surface area (Å²) in [5.74, 6) is -0.111. The molecule has 0 aromatic heterocycles. The van der Waals surface area contributed by atoms with Crippen LogP contribution in [0.25, 0.3) is 0 Å². The van der Waals surface area contributed by atoms with Gasteiger partial charge in [-0.05, 0) is 34.7 Å². The first-order valence-electron chi connectivity index (χ1n) is 3.67. The lowest BCUT2D eigenvalue weighted by Crippen LogP contribution is -2.13. The predicted molar refractivity (Wildman–Crippen MR) is 58.9 cm³/mol. The second kappa shape index (κ2) is 4.28. The number of rotatable bonds is 2. The van der Waals surface area contributed by atoms with Crippen LogP contribution in [0.2, 0.25) is 0 Å². The maximum Gasteiger partial charge on any atom is 0.249 e. The van der Waals surface area contributed by atoms with E-state index in [1.54, 1.807) is 6.07 Å². The highest BCUT2D eigenvalue weighted by atomic mass is 127. The molecule has 0 bridgehead atoms. The van der Waals surface area contributed by atoms with Crippen molar-refractivity contribution in [1.29, 1.82) is 5.26 Å². The number of nitrogens with zero attached hydrogens (tertiary/aromatic N) is 1. The van der Waals surface area contributed by atoms with Crippen molar-refractivity contribution in [3.05, 3.63) is 26.8 Å². The van der Waals surface area contributed by atoms with E-state index in [9.17, 15) is 4.79 Å². The molecule has 0 saturated heterocycles. The highest BCUT2D eigenvalue weighted by Crippen LogP contribution is 2.23. The van der Waals surface area contributed by atoms with E-state index in [0.29, 0.717) is 20.4 Å². The molecule has 0 aliphatic carbocycles. The van der Waals surface area contributed by atoms with Crippen LogP contribution in [0.3, 0.4) is 0 Å². The zero-order valence-electron chi connectivity index (χ0n) is 7.37. The third-order valence-electron chi connectivity index (χ3n) is 1.67. The average molecular weight is 302 g/mol. The molecule has 4 nitrogen and oxygen atoms in total. The minimum atomic E-state index is -0.565. The quantitative estimate of drug-likeness (QED) is 0.836. The molecule has 2 N–H and O–H groups in total. The average Bonchev–Trinajstić information content (AvgIpc) is 2.17. The van der Waals surface area contributed by atoms with Gasteiger partial charge in [0.05, 0.1) is 18.2 Å². The number of nitrogens with two attached hydrogens (primary N) is 1. The number of halogens is 1. The fraction of sp³-hybridized carbons (Fsp3) is 0.111. The van der Waals surface area contributed by atoms with E-state index in [2.05, 4.69) is 0 Å². The molecule has 0 aliphatic heterocycles. The zero-order valence-corrected chi connectivity index (χ0v) is 9.53. The van der Waals surface area contributed by atoms with Crippen LogP contribution >= 0.6 is 22.6 Å². The Labute approximate surface area is 94.8 Å². The van der Waals surface area contributed by atoms with Gasteiger partial charge in [0.2, 0.25) is 5.91 Å². The Hall–Kier alpha value is -1.29. The molecule has 1 aromatic carbocycles. The number of carbonyl (C=O) groups excluding carboxylic acids is 1. The Kier molecular flexibility index (Phi) is 3.30. The number of ether oxygens (including phenoxy) is 1. The SMILES string of the molecule is COc1cc(C#N)c(I)c(C(N)=O)c1. The number of primary amides is 1. The van der Waals surface area contributed by atoms with E-state index in [4.69, 9.17) is 15.7 Å².